The molecule has 3 rings (SSSR count). The molecule has 1 aliphatic heterocycles. The number of hydrogen-bond donors (Lipinski definition) is 2. The normalized spacial score (nSPS) is 14.2. The van der Waals surface area contributed by atoms with Crippen molar-refractivity contribution in [1.29, 1.82) is 0 Å². The summed E-state index contributed by atoms with van der Waals surface area (Å²) in [4.78, 5) is 16.7. The Morgan fingerprint density at radius 3 is 2.54 bits per heavy atom. The zero-order valence-corrected chi connectivity index (χ0v) is 15.1. The van der Waals surface area contributed by atoms with Crippen molar-refractivity contribution in [3.8, 4) is 5.75 Å². The van der Waals surface area contributed by atoms with Gasteiger partial charge in [0.25, 0.3) is 0 Å². The molecule has 0 bridgehead atoms. The molecule has 1 aliphatic rings. The van der Waals surface area contributed by atoms with Crippen LogP contribution in [0.4, 0.5) is 5.69 Å². The number of aromatic hydroxyl groups is 1. The Kier molecular flexibility index (Phi) is 9.24. The second kappa shape index (κ2) is 9.80. The molecule has 0 saturated carbocycles. The van der Waals surface area contributed by atoms with E-state index in [9.17, 15) is 15.2 Å². The number of hydrogen-bond acceptors (Lipinski definition) is 6. The first kappa shape index (κ1) is 22.6. The van der Waals surface area contributed by atoms with Crippen molar-refractivity contribution in [2.45, 2.75) is 6.54 Å². The molecule has 2 aromatic rings. The van der Waals surface area contributed by atoms with E-state index in [2.05, 4.69) is 15.2 Å². The lowest BCUT2D eigenvalue weighted by Crippen LogP contribution is -2.42. The van der Waals surface area contributed by atoms with Gasteiger partial charge in [-0.15, -0.1) is 37.2 Å². The average molecular weight is 398 g/mol. The van der Waals surface area contributed by atoms with Gasteiger partial charge < -0.3 is 10.4 Å². The first-order valence-electron chi connectivity index (χ1n) is 6.83. The Morgan fingerprint density at radius 1 is 1.25 bits per heavy atom. The Morgan fingerprint density at radius 2 is 1.92 bits per heavy atom. The number of phenolic OH excluding ortho intramolecular Hbond substituents is 1. The number of halogens is 3. The van der Waals surface area contributed by atoms with E-state index < -0.39 is 4.92 Å². The Hall–Kier alpha value is -1.38. The first-order valence-corrected chi connectivity index (χ1v) is 6.83. The number of nitro benzene ring substituents is 1. The molecular weight excluding hydrogens is 379 g/mol. The number of nitrogens with zero attached hydrogens (tertiary/aromatic N) is 3. The fraction of sp³-hybridized carbons (Fsp3) is 0.357. The van der Waals surface area contributed by atoms with Crippen LogP contribution in [0.25, 0.3) is 10.9 Å². The molecule has 0 atom stereocenters. The maximum absolute atomic E-state index is 10.8. The van der Waals surface area contributed by atoms with Gasteiger partial charge in [0.1, 0.15) is 5.52 Å². The summed E-state index contributed by atoms with van der Waals surface area (Å²) >= 11 is 0. The molecule has 1 fully saturated rings. The molecule has 24 heavy (non-hydrogen) atoms. The lowest BCUT2D eigenvalue weighted by molar-refractivity contribution is -0.385. The summed E-state index contributed by atoms with van der Waals surface area (Å²) in [5.41, 5.74) is 0.996. The molecule has 0 spiro atoms. The summed E-state index contributed by atoms with van der Waals surface area (Å²) < 4.78 is 0. The van der Waals surface area contributed by atoms with Crippen LogP contribution in [0.3, 0.4) is 0 Å². The van der Waals surface area contributed by atoms with Crippen molar-refractivity contribution < 1.29 is 10.0 Å². The quantitative estimate of drug-likeness (QED) is 0.611. The van der Waals surface area contributed by atoms with Gasteiger partial charge in [-0.3, -0.25) is 20.0 Å². The van der Waals surface area contributed by atoms with Gasteiger partial charge in [-0.2, -0.15) is 0 Å². The molecule has 134 valence electrons. The zero-order valence-electron chi connectivity index (χ0n) is 12.7. The van der Waals surface area contributed by atoms with Crippen LogP contribution < -0.4 is 5.32 Å². The minimum atomic E-state index is -0.606. The molecule has 1 aromatic carbocycles. The van der Waals surface area contributed by atoms with Crippen molar-refractivity contribution in [2.75, 3.05) is 26.2 Å². The maximum Gasteiger partial charge on any atom is 0.313 e. The highest BCUT2D eigenvalue weighted by atomic mass is 35.5. The minimum absolute atomic E-state index is 0. The molecule has 2 heterocycles. The van der Waals surface area contributed by atoms with Gasteiger partial charge in [0.15, 0.2) is 0 Å². The zero-order chi connectivity index (χ0) is 14.8. The van der Waals surface area contributed by atoms with Gasteiger partial charge in [0.05, 0.1) is 4.92 Å². The number of aromatic nitrogens is 1. The van der Waals surface area contributed by atoms with Crippen LogP contribution in [-0.2, 0) is 6.54 Å². The third-order valence-electron chi connectivity index (χ3n) is 3.67. The highest BCUT2D eigenvalue weighted by molar-refractivity contribution is 5.88. The van der Waals surface area contributed by atoms with Crippen LogP contribution in [0.15, 0.2) is 24.4 Å². The molecule has 7 nitrogen and oxygen atoms in total. The SMILES string of the molecule is Cl.Cl.Cl.O=[N+]([O-])c1ccc2cc(CN3CCNCC3)cnc2c1O. The fourth-order valence-electron chi connectivity index (χ4n) is 2.58. The standard InChI is InChI=1S/C14H16N4O3.3ClH/c19-14-12(18(20)21)2-1-11-7-10(8-16-13(11)14)9-17-5-3-15-4-6-17;;;/h1-2,7-8,15,19H,3-6,9H2;3*1H. The van der Waals surface area contributed by atoms with E-state index in [0.717, 1.165) is 38.3 Å². The summed E-state index contributed by atoms with van der Waals surface area (Å²) in [6.45, 7) is 4.73. The molecule has 1 aromatic heterocycles. The van der Waals surface area contributed by atoms with Crippen molar-refractivity contribution in [3.05, 3.63) is 40.1 Å². The topological polar surface area (TPSA) is 91.5 Å². The van der Waals surface area contributed by atoms with E-state index >= 15 is 0 Å². The Bertz CT molecular complexity index is 696. The number of nitrogens with one attached hydrogen (secondary N) is 1. The van der Waals surface area contributed by atoms with Crippen LogP contribution >= 0.6 is 37.2 Å². The second-order valence-electron chi connectivity index (χ2n) is 5.13. The van der Waals surface area contributed by atoms with Crippen molar-refractivity contribution in [1.82, 2.24) is 15.2 Å². The van der Waals surface area contributed by atoms with E-state index in [4.69, 9.17) is 0 Å². The fourth-order valence-corrected chi connectivity index (χ4v) is 2.58. The first-order chi connectivity index (χ1) is 10.1. The van der Waals surface area contributed by atoms with E-state index in [-0.39, 0.29) is 54.2 Å². The van der Waals surface area contributed by atoms with Crippen LogP contribution in [0, 0.1) is 10.1 Å². The average Bonchev–Trinajstić information content (AvgIpc) is 2.48. The molecule has 10 heteroatoms. The molecule has 0 aliphatic carbocycles. The Labute approximate surface area is 157 Å². The third-order valence-corrected chi connectivity index (χ3v) is 3.67. The lowest BCUT2D eigenvalue weighted by atomic mass is 10.1. The van der Waals surface area contributed by atoms with Gasteiger partial charge >= 0.3 is 5.69 Å². The molecular formula is C14H19Cl3N4O3. The third kappa shape index (κ3) is 4.81. The number of fused-ring (bicyclic) bond motifs is 1. The highest BCUT2D eigenvalue weighted by Gasteiger charge is 2.17. The van der Waals surface area contributed by atoms with Gasteiger partial charge in [-0.05, 0) is 17.7 Å². The number of piperazine rings is 1. The summed E-state index contributed by atoms with van der Waals surface area (Å²) in [6, 6.07) is 4.86. The summed E-state index contributed by atoms with van der Waals surface area (Å²) in [5.74, 6) is -0.369. The van der Waals surface area contributed by atoms with Crippen LogP contribution in [0.1, 0.15) is 5.56 Å². The van der Waals surface area contributed by atoms with Gasteiger partial charge in [-0.1, -0.05) is 0 Å². The van der Waals surface area contributed by atoms with Gasteiger partial charge in [0, 0.05) is 50.4 Å². The molecule has 0 amide bonds. The van der Waals surface area contributed by atoms with Gasteiger partial charge in [0.2, 0.25) is 5.75 Å². The molecule has 2 N–H and O–H groups in total. The van der Waals surface area contributed by atoms with Crippen LogP contribution in [-0.4, -0.2) is 46.1 Å². The highest BCUT2D eigenvalue weighted by Crippen LogP contribution is 2.32. The monoisotopic (exact) mass is 396 g/mol. The van der Waals surface area contributed by atoms with E-state index in [1.165, 1.54) is 6.07 Å². The van der Waals surface area contributed by atoms with Crippen LogP contribution in [0.2, 0.25) is 0 Å². The number of rotatable bonds is 3. The lowest BCUT2D eigenvalue weighted by Gasteiger charge is -2.27. The largest absolute Gasteiger partial charge is 0.501 e. The van der Waals surface area contributed by atoms with E-state index in [0.29, 0.717) is 5.39 Å². The summed E-state index contributed by atoms with van der Waals surface area (Å²) in [5, 5.41) is 24.7. The smallest absolute Gasteiger partial charge is 0.313 e. The van der Waals surface area contributed by atoms with Gasteiger partial charge in [-0.25, -0.2) is 0 Å². The van der Waals surface area contributed by atoms with Crippen molar-refractivity contribution in [3.63, 3.8) is 0 Å². The number of benzene rings is 1. The summed E-state index contributed by atoms with van der Waals surface area (Å²) in [7, 11) is 0. The van der Waals surface area contributed by atoms with Crippen molar-refractivity contribution >= 4 is 53.8 Å². The number of pyridine rings is 1. The predicted octanol–water partition coefficient (Wildman–Crippen LogP) is 2.52. The van der Waals surface area contributed by atoms with Crippen molar-refractivity contribution in [2.24, 2.45) is 0 Å². The maximum atomic E-state index is 10.8. The minimum Gasteiger partial charge on any atom is -0.501 e. The second-order valence-corrected chi connectivity index (χ2v) is 5.13. The molecule has 1 saturated heterocycles. The number of phenols is 1. The Balaban J connectivity index is 0.00000176. The molecule has 0 unspecified atom stereocenters. The molecule has 0 radical (unpaired) electrons. The van der Waals surface area contributed by atoms with E-state index in [1.807, 2.05) is 6.07 Å². The number of nitro groups is 1. The predicted molar refractivity (Wildman–Crippen MR) is 100.0 cm³/mol. The van der Waals surface area contributed by atoms with E-state index in [1.54, 1.807) is 12.3 Å². The van der Waals surface area contributed by atoms with Crippen LogP contribution in [0.5, 0.6) is 5.75 Å². The summed E-state index contributed by atoms with van der Waals surface area (Å²) in [6.07, 6.45) is 1.67.